The first kappa shape index (κ1) is 12.4. The normalized spacial score (nSPS) is 20.2. The van der Waals surface area contributed by atoms with E-state index in [2.05, 4.69) is 54.4 Å². The van der Waals surface area contributed by atoms with E-state index in [4.69, 9.17) is 0 Å². The molecule has 2 nitrogen and oxygen atoms in total. The van der Waals surface area contributed by atoms with Crippen LogP contribution in [0.25, 0.3) is 0 Å². The fraction of sp³-hybridized carbons (Fsp3) is 0.600. The maximum absolute atomic E-state index is 3.57. The summed E-state index contributed by atoms with van der Waals surface area (Å²) in [7, 11) is 0. The Morgan fingerprint density at radius 3 is 2.76 bits per heavy atom. The second kappa shape index (κ2) is 6.06. The van der Waals surface area contributed by atoms with Gasteiger partial charge in [-0.25, -0.2) is 0 Å². The standard InChI is InChI=1S/C15H24N2/c1-13(2)10-16-11-14-8-9-17(12-14)15-6-4-3-5-7-15/h3-7,13-14,16H,8-12H2,1-2H3. The molecule has 0 radical (unpaired) electrons. The number of rotatable bonds is 5. The van der Waals surface area contributed by atoms with Gasteiger partial charge in [-0.15, -0.1) is 0 Å². The SMILES string of the molecule is CC(C)CNCC1CCN(c2ccccc2)C1. The van der Waals surface area contributed by atoms with Gasteiger partial charge < -0.3 is 10.2 Å². The Kier molecular flexibility index (Phi) is 4.43. The lowest BCUT2D eigenvalue weighted by Gasteiger charge is -2.19. The van der Waals surface area contributed by atoms with E-state index in [9.17, 15) is 0 Å². The molecular weight excluding hydrogens is 208 g/mol. The second-order valence-electron chi connectivity index (χ2n) is 5.49. The summed E-state index contributed by atoms with van der Waals surface area (Å²) in [4.78, 5) is 2.50. The van der Waals surface area contributed by atoms with E-state index in [0.29, 0.717) is 0 Å². The summed E-state index contributed by atoms with van der Waals surface area (Å²) >= 11 is 0. The summed E-state index contributed by atoms with van der Waals surface area (Å²) < 4.78 is 0. The summed E-state index contributed by atoms with van der Waals surface area (Å²) in [5.41, 5.74) is 1.37. The van der Waals surface area contributed by atoms with Crippen molar-refractivity contribution in [2.24, 2.45) is 11.8 Å². The van der Waals surface area contributed by atoms with Crippen molar-refractivity contribution in [3.05, 3.63) is 30.3 Å². The van der Waals surface area contributed by atoms with Crippen LogP contribution >= 0.6 is 0 Å². The number of nitrogens with one attached hydrogen (secondary N) is 1. The van der Waals surface area contributed by atoms with Crippen LogP contribution in [0.3, 0.4) is 0 Å². The Morgan fingerprint density at radius 2 is 2.06 bits per heavy atom. The maximum atomic E-state index is 3.57. The molecule has 1 aromatic carbocycles. The van der Waals surface area contributed by atoms with Gasteiger partial charge in [-0.1, -0.05) is 32.0 Å². The van der Waals surface area contributed by atoms with Crippen molar-refractivity contribution < 1.29 is 0 Å². The lowest BCUT2D eigenvalue weighted by atomic mass is 10.1. The number of nitrogens with zero attached hydrogens (tertiary/aromatic N) is 1. The van der Waals surface area contributed by atoms with Gasteiger partial charge in [0.05, 0.1) is 0 Å². The molecule has 1 fully saturated rings. The van der Waals surface area contributed by atoms with E-state index in [1.165, 1.54) is 31.7 Å². The molecule has 2 heteroatoms. The largest absolute Gasteiger partial charge is 0.371 e. The molecule has 1 aliphatic heterocycles. The predicted molar refractivity (Wildman–Crippen MR) is 74.5 cm³/mol. The van der Waals surface area contributed by atoms with Crippen molar-refractivity contribution in [3.63, 3.8) is 0 Å². The van der Waals surface area contributed by atoms with Crippen LogP contribution in [0.4, 0.5) is 5.69 Å². The number of hydrogen-bond donors (Lipinski definition) is 1. The Hall–Kier alpha value is -1.02. The minimum absolute atomic E-state index is 0.752. The number of hydrogen-bond acceptors (Lipinski definition) is 2. The van der Waals surface area contributed by atoms with Crippen LogP contribution in [0.15, 0.2) is 30.3 Å². The highest BCUT2D eigenvalue weighted by Crippen LogP contribution is 2.22. The molecule has 0 bridgehead atoms. The van der Waals surface area contributed by atoms with Crippen molar-refractivity contribution in [1.82, 2.24) is 5.32 Å². The van der Waals surface area contributed by atoms with Gasteiger partial charge in [-0.05, 0) is 43.5 Å². The van der Waals surface area contributed by atoms with Crippen molar-refractivity contribution in [1.29, 1.82) is 0 Å². The highest BCUT2D eigenvalue weighted by molar-refractivity contribution is 5.46. The van der Waals surface area contributed by atoms with E-state index < -0.39 is 0 Å². The average molecular weight is 232 g/mol. The molecule has 1 unspecified atom stereocenters. The van der Waals surface area contributed by atoms with Gasteiger partial charge in [-0.2, -0.15) is 0 Å². The Balaban J connectivity index is 1.76. The Labute approximate surface area is 105 Å². The van der Waals surface area contributed by atoms with Crippen LogP contribution in [0.2, 0.25) is 0 Å². The Morgan fingerprint density at radius 1 is 1.29 bits per heavy atom. The van der Waals surface area contributed by atoms with Gasteiger partial charge in [0.15, 0.2) is 0 Å². The second-order valence-corrected chi connectivity index (χ2v) is 5.49. The van der Waals surface area contributed by atoms with E-state index in [1.807, 2.05) is 0 Å². The molecule has 0 aliphatic carbocycles. The summed E-state index contributed by atoms with van der Waals surface area (Å²) in [6, 6.07) is 10.8. The van der Waals surface area contributed by atoms with E-state index in [1.54, 1.807) is 0 Å². The molecule has 2 rings (SSSR count). The van der Waals surface area contributed by atoms with E-state index in [-0.39, 0.29) is 0 Å². The highest BCUT2D eigenvalue weighted by Gasteiger charge is 2.21. The summed E-state index contributed by atoms with van der Waals surface area (Å²) in [6.07, 6.45) is 1.32. The number of anilines is 1. The molecule has 1 aromatic rings. The predicted octanol–water partition coefficient (Wildman–Crippen LogP) is 2.76. The number of benzene rings is 1. The minimum Gasteiger partial charge on any atom is -0.371 e. The summed E-state index contributed by atoms with van der Waals surface area (Å²) in [6.45, 7) is 9.24. The molecule has 94 valence electrons. The molecule has 0 amide bonds. The lowest BCUT2D eigenvalue weighted by molar-refractivity contribution is 0.477. The third-order valence-corrected chi connectivity index (χ3v) is 3.39. The molecule has 1 saturated heterocycles. The van der Waals surface area contributed by atoms with Gasteiger partial charge >= 0.3 is 0 Å². The van der Waals surface area contributed by atoms with Crippen LogP contribution in [-0.2, 0) is 0 Å². The van der Waals surface area contributed by atoms with Crippen LogP contribution in [0.1, 0.15) is 20.3 Å². The molecule has 17 heavy (non-hydrogen) atoms. The summed E-state index contributed by atoms with van der Waals surface area (Å²) in [5, 5.41) is 3.57. The van der Waals surface area contributed by atoms with Gasteiger partial charge in [0.25, 0.3) is 0 Å². The van der Waals surface area contributed by atoms with Crippen LogP contribution < -0.4 is 10.2 Å². The molecule has 0 saturated carbocycles. The quantitative estimate of drug-likeness (QED) is 0.840. The number of para-hydroxylation sites is 1. The maximum Gasteiger partial charge on any atom is 0.0366 e. The zero-order valence-corrected chi connectivity index (χ0v) is 11.0. The van der Waals surface area contributed by atoms with Crippen molar-refractivity contribution >= 4 is 5.69 Å². The average Bonchev–Trinajstić information content (AvgIpc) is 2.78. The topological polar surface area (TPSA) is 15.3 Å². The molecule has 1 atom stereocenters. The lowest BCUT2D eigenvalue weighted by Crippen LogP contribution is -2.28. The fourth-order valence-corrected chi connectivity index (χ4v) is 2.45. The zero-order chi connectivity index (χ0) is 12.1. The monoisotopic (exact) mass is 232 g/mol. The van der Waals surface area contributed by atoms with Gasteiger partial charge in [0.1, 0.15) is 0 Å². The molecular formula is C15H24N2. The Bertz CT molecular complexity index is 321. The van der Waals surface area contributed by atoms with Gasteiger partial charge in [0.2, 0.25) is 0 Å². The summed E-state index contributed by atoms with van der Waals surface area (Å²) in [5.74, 6) is 1.57. The fourth-order valence-electron chi connectivity index (χ4n) is 2.45. The van der Waals surface area contributed by atoms with E-state index >= 15 is 0 Å². The first-order valence-electron chi connectivity index (χ1n) is 6.76. The van der Waals surface area contributed by atoms with E-state index in [0.717, 1.165) is 18.4 Å². The molecule has 1 aliphatic rings. The smallest absolute Gasteiger partial charge is 0.0366 e. The highest BCUT2D eigenvalue weighted by atomic mass is 15.2. The minimum atomic E-state index is 0.752. The molecule has 0 spiro atoms. The first-order valence-corrected chi connectivity index (χ1v) is 6.76. The molecule has 1 N–H and O–H groups in total. The van der Waals surface area contributed by atoms with Crippen molar-refractivity contribution in [2.75, 3.05) is 31.1 Å². The third kappa shape index (κ3) is 3.74. The third-order valence-electron chi connectivity index (χ3n) is 3.39. The zero-order valence-electron chi connectivity index (χ0n) is 11.0. The van der Waals surface area contributed by atoms with Gasteiger partial charge in [0, 0.05) is 18.8 Å². The molecule has 0 aromatic heterocycles. The molecule has 1 heterocycles. The van der Waals surface area contributed by atoms with Crippen LogP contribution in [-0.4, -0.2) is 26.2 Å². The first-order chi connectivity index (χ1) is 8.25. The van der Waals surface area contributed by atoms with Crippen LogP contribution in [0, 0.1) is 11.8 Å². The van der Waals surface area contributed by atoms with Gasteiger partial charge in [-0.3, -0.25) is 0 Å². The van der Waals surface area contributed by atoms with Crippen LogP contribution in [0.5, 0.6) is 0 Å². The van der Waals surface area contributed by atoms with Crippen molar-refractivity contribution in [2.45, 2.75) is 20.3 Å². The van der Waals surface area contributed by atoms with Crippen molar-refractivity contribution in [3.8, 4) is 0 Å².